The fourth-order valence-corrected chi connectivity index (χ4v) is 1.86. The normalized spacial score (nSPS) is 34.0. The molecule has 1 saturated heterocycles. The molecular weight excluding hydrogens is 148 g/mol. The van der Waals surface area contributed by atoms with E-state index in [1.54, 1.807) is 0 Å². The molecule has 2 heteroatoms. The predicted octanol–water partition coefficient (Wildman–Crippen LogP) is 1.46. The highest BCUT2D eigenvalue weighted by atomic mass is 15.2. The molecule has 0 amide bonds. The Kier molecular flexibility index (Phi) is 3.13. The largest absolute Gasteiger partial charge is 0.330 e. The summed E-state index contributed by atoms with van der Waals surface area (Å²) in [6.45, 7) is 10.1. The van der Waals surface area contributed by atoms with E-state index in [0.29, 0.717) is 5.41 Å². The van der Waals surface area contributed by atoms with Crippen LogP contribution in [0.2, 0.25) is 0 Å². The van der Waals surface area contributed by atoms with Crippen LogP contribution in [-0.4, -0.2) is 30.6 Å². The molecule has 2 N–H and O–H groups in total. The van der Waals surface area contributed by atoms with Gasteiger partial charge in [0.05, 0.1) is 0 Å². The van der Waals surface area contributed by atoms with Gasteiger partial charge >= 0.3 is 0 Å². The van der Waals surface area contributed by atoms with Crippen LogP contribution in [0.15, 0.2) is 0 Å². The van der Waals surface area contributed by atoms with Gasteiger partial charge in [0.1, 0.15) is 0 Å². The van der Waals surface area contributed by atoms with Crippen LogP contribution in [0.3, 0.4) is 0 Å². The van der Waals surface area contributed by atoms with Gasteiger partial charge in [-0.2, -0.15) is 0 Å². The molecular formula is C10H22N2. The fourth-order valence-electron chi connectivity index (χ4n) is 1.86. The third-order valence-corrected chi connectivity index (χ3v) is 3.29. The highest BCUT2D eigenvalue weighted by Gasteiger charge is 2.33. The summed E-state index contributed by atoms with van der Waals surface area (Å²) in [6, 6.07) is 0.735. The molecule has 0 saturated carbocycles. The van der Waals surface area contributed by atoms with Crippen LogP contribution in [0, 0.1) is 5.41 Å². The van der Waals surface area contributed by atoms with Crippen molar-refractivity contribution in [2.45, 2.75) is 39.7 Å². The molecule has 2 unspecified atom stereocenters. The molecule has 72 valence electrons. The Morgan fingerprint density at radius 1 is 1.58 bits per heavy atom. The molecule has 2 atom stereocenters. The summed E-state index contributed by atoms with van der Waals surface area (Å²) in [6.07, 6.45) is 2.52. The van der Waals surface area contributed by atoms with Gasteiger partial charge in [-0.1, -0.05) is 13.8 Å². The van der Waals surface area contributed by atoms with Crippen molar-refractivity contribution in [1.29, 1.82) is 0 Å². The third-order valence-electron chi connectivity index (χ3n) is 3.29. The lowest BCUT2D eigenvalue weighted by molar-refractivity contribution is 0.220. The molecule has 2 nitrogen and oxygen atoms in total. The van der Waals surface area contributed by atoms with E-state index in [-0.39, 0.29) is 0 Å². The zero-order chi connectivity index (χ0) is 9.19. The van der Waals surface area contributed by atoms with Crippen LogP contribution in [-0.2, 0) is 0 Å². The van der Waals surface area contributed by atoms with Gasteiger partial charge in [0.25, 0.3) is 0 Å². The lowest BCUT2D eigenvalue weighted by Crippen LogP contribution is -2.35. The van der Waals surface area contributed by atoms with E-state index in [2.05, 4.69) is 25.7 Å². The molecule has 0 aromatic heterocycles. The molecule has 1 rings (SSSR count). The van der Waals surface area contributed by atoms with Crippen molar-refractivity contribution < 1.29 is 0 Å². The number of hydrogen-bond acceptors (Lipinski definition) is 2. The van der Waals surface area contributed by atoms with Gasteiger partial charge in [0.15, 0.2) is 0 Å². The molecule has 0 aromatic carbocycles. The minimum Gasteiger partial charge on any atom is -0.330 e. The van der Waals surface area contributed by atoms with Crippen molar-refractivity contribution in [3.8, 4) is 0 Å². The topological polar surface area (TPSA) is 29.3 Å². The summed E-state index contributed by atoms with van der Waals surface area (Å²) < 4.78 is 0. The molecule has 1 aliphatic rings. The molecule has 1 fully saturated rings. The maximum absolute atomic E-state index is 5.75. The lowest BCUT2D eigenvalue weighted by Gasteiger charge is -2.26. The SMILES string of the molecule is CCC(C)N1CCC(C)(CN)C1. The predicted molar refractivity (Wildman–Crippen MR) is 53.1 cm³/mol. The maximum atomic E-state index is 5.75. The minimum atomic E-state index is 0.392. The van der Waals surface area contributed by atoms with Crippen LogP contribution < -0.4 is 5.73 Å². The second-order valence-electron chi connectivity index (χ2n) is 4.49. The van der Waals surface area contributed by atoms with Crippen molar-refractivity contribution in [2.75, 3.05) is 19.6 Å². The van der Waals surface area contributed by atoms with Gasteiger partial charge in [-0.25, -0.2) is 0 Å². The van der Waals surface area contributed by atoms with E-state index in [1.165, 1.54) is 25.9 Å². The summed E-state index contributed by atoms with van der Waals surface area (Å²) in [5.74, 6) is 0. The zero-order valence-electron chi connectivity index (χ0n) is 8.64. The second-order valence-corrected chi connectivity index (χ2v) is 4.49. The van der Waals surface area contributed by atoms with Crippen LogP contribution in [0.4, 0.5) is 0 Å². The molecule has 0 bridgehead atoms. The van der Waals surface area contributed by atoms with Crippen LogP contribution in [0.1, 0.15) is 33.6 Å². The van der Waals surface area contributed by atoms with Gasteiger partial charge in [-0.05, 0) is 38.3 Å². The van der Waals surface area contributed by atoms with E-state index >= 15 is 0 Å². The van der Waals surface area contributed by atoms with E-state index in [1.807, 2.05) is 0 Å². The maximum Gasteiger partial charge on any atom is 0.00645 e. The summed E-state index contributed by atoms with van der Waals surface area (Å²) >= 11 is 0. The van der Waals surface area contributed by atoms with Crippen molar-refractivity contribution in [2.24, 2.45) is 11.1 Å². The quantitative estimate of drug-likeness (QED) is 0.694. The Hall–Kier alpha value is -0.0800. The highest BCUT2D eigenvalue weighted by molar-refractivity contribution is 4.88. The highest BCUT2D eigenvalue weighted by Crippen LogP contribution is 2.30. The van der Waals surface area contributed by atoms with Gasteiger partial charge in [0.2, 0.25) is 0 Å². The van der Waals surface area contributed by atoms with E-state index in [4.69, 9.17) is 5.73 Å². The average Bonchev–Trinajstić information content (AvgIpc) is 2.48. The van der Waals surface area contributed by atoms with Crippen LogP contribution >= 0.6 is 0 Å². The van der Waals surface area contributed by atoms with Crippen molar-refractivity contribution in [3.05, 3.63) is 0 Å². The van der Waals surface area contributed by atoms with Gasteiger partial charge in [-0.3, -0.25) is 0 Å². The fraction of sp³-hybridized carbons (Fsp3) is 1.00. The Bertz CT molecular complexity index is 147. The van der Waals surface area contributed by atoms with E-state index < -0.39 is 0 Å². The first kappa shape index (κ1) is 10.0. The second kappa shape index (κ2) is 3.75. The summed E-state index contributed by atoms with van der Waals surface area (Å²) in [7, 11) is 0. The minimum absolute atomic E-state index is 0.392. The van der Waals surface area contributed by atoms with Crippen molar-refractivity contribution >= 4 is 0 Å². The van der Waals surface area contributed by atoms with Crippen molar-refractivity contribution in [1.82, 2.24) is 4.90 Å². The number of nitrogens with two attached hydrogens (primary N) is 1. The summed E-state index contributed by atoms with van der Waals surface area (Å²) in [5.41, 5.74) is 6.14. The monoisotopic (exact) mass is 170 g/mol. The van der Waals surface area contributed by atoms with E-state index in [0.717, 1.165) is 12.6 Å². The first-order chi connectivity index (χ1) is 5.61. The first-order valence-electron chi connectivity index (χ1n) is 5.05. The molecule has 0 aromatic rings. The average molecular weight is 170 g/mol. The smallest absolute Gasteiger partial charge is 0.00645 e. The van der Waals surface area contributed by atoms with Gasteiger partial charge < -0.3 is 10.6 Å². The standard InChI is InChI=1S/C10H22N2/c1-4-9(2)12-6-5-10(3,7-11)8-12/h9H,4-8,11H2,1-3H3. The van der Waals surface area contributed by atoms with Gasteiger partial charge in [0, 0.05) is 12.6 Å². The number of nitrogens with zero attached hydrogens (tertiary/aromatic N) is 1. The van der Waals surface area contributed by atoms with Crippen LogP contribution in [0.25, 0.3) is 0 Å². The van der Waals surface area contributed by atoms with Gasteiger partial charge in [-0.15, -0.1) is 0 Å². The number of likely N-dealkylation sites (tertiary alicyclic amines) is 1. The Morgan fingerprint density at radius 2 is 2.25 bits per heavy atom. The molecule has 1 heterocycles. The van der Waals surface area contributed by atoms with Crippen LogP contribution in [0.5, 0.6) is 0 Å². The summed E-state index contributed by atoms with van der Waals surface area (Å²) in [5, 5.41) is 0. The Morgan fingerprint density at radius 3 is 2.67 bits per heavy atom. The van der Waals surface area contributed by atoms with Crippen molar-refractivity contribution in [3.63, 3.8) is 0 Å². The number of hydrogen-bond donors (Lipinski definition) is 1. The third kappa shape index (κ3) is 1.99. The molecule has 0 aliphatic carbocycles. The Labute approximate surface area is 76.1 Å². The number of rotatable bonds is 3. The lowest BCUT2D eigenvalue weighted by atomic mass is 9.90. The molecule has 0 spiro atoms. The van der Waals surface area contributed by atoms with E-state index in [9.17, 15) is 0 Å². The molecule has 0 radical (unpaired) electrons. The first-order valence-corrected chi connectivity index (χ1v) is 5.05. The summed E-state index contributed by atoms with van der Waals surface area (Å²) in [4.78, 5) is 2.56. The zero-order valence-corrected chi connectivity index (χ0v) is 8.64. The Balaban J connectivity index is 2.45. The molecule has 12 heavy (non-hydrogen) atoms. The molecule has 1 aliphatic heterocycles.